The zero-order valence-electron chi connectivity index (χ0n) is 17.7. The molecule has 0 spiro atoms. The number of carbonyl (C=O) groups is 2. The van der Waals surface area contributed by atoms with Gasteiger partial charge in [0.25, 0.3) is 11.8 Å². The molecule has 2 amide bonds. The van der Waals surface area contributed by atoms with E-state index in [1.54, 1.807) is 30.4 Å². The summed E-state index contributed by atoms with van der Waals surface area (Å²) in [5.41, 5.74) is 2.00. The summed E-state index contributed by atoms with van der Waals surface area (Å²) >= 11 is 6.20. The number of hydrogen-bond donors (Lipinski definition) is 0. The molecule has 1 aliphatic rings. The van der Waals surface area contributed by atoms with Crippen LogP contribution in [0.15, 0.2) is 48.0 Å². The molecule has 6 nitrogen and oxygen atoms in total. The Bertz CT molecular complexity index is 1020. The number of ether oxygens (including phenoxy) is 3. The van der Waals surface area contributed by atoms with Gasteiger partial charge in [-0.05, 0) is 54.3 Å². The van der Waals surface area contributed by atoms with E-state index >= 15 is 0 Å². The van der Waals surface area contributed by atoms with Crippen LogP contribution in [0.3, 0.4) is 0 Å². The molecule has 162 valence electrons. The first kappa shape index (κ1) is 22.4. The van der Waals surface area contributed by atoms with Crippen molar-refractivity contribution in [2.75, 3.05) is 27.9 Å². The van der Waals surface area contributed by atoms with E-state index in [0.717, 1.165) is 5.56 Å². The van der Waals surface area contributed by atoms with Gasteiger partial charge in [-0.1, -0.05) is 29.8 Å². The van der Waals surface area contributed by atoms with Crippen LogP contribution in [0.25, 0.3) is 12.2 Å². The van der Waals surface area contributed by atoms with Crippen molar-refractivity contribution in [3.8, 4) is 17.2 Å². The number of methoxy groups -OCH3 is 3. The van der Waals surface area contributed by atoms with Gasteiger partial charge in [0, 0.05) is 23.2 Å². The van der Waals surface area contributed by atoms with E-state index in [9.17, 15) is 9.59 Å². The zero-order valence-corrected chi connectivity index (χ0v) is 18.4. The summed E-state index contributed by atoms with van der Waals surface area (Å²) in [6, 6.07) is 10.8. The molecule has 0 aliphatic carbocycles. The van der Waals surface area contributed by atoms with Gasteiger partial charge in [-0.3, -0.25) is 14.5 Å². The Labute approximate surface area is 186 Å². The van der Waals surface area contributed by atoms with Crippen molar-refractivity contribution in [3.05, 3.63) is 64.2 Å². The minimum absolute atomic E-state index is 0.300. The van der Waals surface area contributed by atoms with Crippen LogP contribution in [0.5, 0.6) is 17.2 Å². The molecule has 0 radical (unpaired) electrons. The maximum absolute atomic E-state index is 12.9. The van der Waals surface area contributed by atoms with Crippen LogP contribution in [-0.4, -0.2) is 44.6 Å². The number of nitrogens with zero attached hydrogens (tertiary/aromatic N) is 1. The number of carbonyl (C=O) groups excluding carboxylic acids is 2. The highest BCUT2D eigenvalue weighted by molar-refractivity contribution is 6.32. The maximum atomic E-state index is 12.9. The molecule has 0 atom stereocenters. The van der Waals surface area contributed by atoms with Gasteiger partial charge in [0.05, 0.1) is 21.3 Å². The molecule has 1 aliphatic heterocycles. The average molecular weight is 442 g/mol. The molecule has 0 unspecified atom stereocenters. The lowest BCUT2D eigenvalue weighted by atomic mass is 10.0. The van der Waals surface area contributed by atoms with Crippen molar-refractivity contribution in [3.63, 3.8) is 0 Å². The highest BCUT2D eigenvalue weighted by atomic mass is 35.5. The molecule has 1 heterocycles. The first-order chi connectivity index (χ1) is 15.0. The highest BCUT2D eigenvalue weighted by Gasteiger charge is 2.27. The van der Waals surface area contributed by atoms with Crippen LogP contribution >= 0.6 is 11.6 Å². The van der Waals surface area contributed by atoms with Gasteiger partial charge in [0.2, 0.25) is 5.75 Å². The lowest BCUT2D eigenvalue weighted by Crippen LogP contribution is -2.40. The van der Waals surface area contributed by atoms with Crippen molar-refractivity contribution in [2.24, 2.45) is 0 Å². The fourth-order valence-electron chi connectivity index (χ4n) is 3.39. The number of piperidine rings is 1. The summed E-state index contributed by atoms with van der Waals surface area (Å²) in [7, 11) is 4.57. The third-order valence-electron chi connectivity index (χ3n) is 4.95. The predicted octanol–water partition coefficient (Wildman–Crippen LogP) is 4.61. The van der Waals surface area contributed by atoms with Gasteiger partial charge in [-0.25, -0.2) is 0 Å². The van der Waals surface area contributed by atoms with Gasteiger partial charge in [-0.2, -0.15) is 0 Å². The molecule has 0 bridgehead atoms. The maximum Gasteiger partial charge on any atom is 0.256 e. The smallest absolute Gasteiger partial charge is 0.256 e. The Hall–Kier alpha value is -3.25. The van der Waals surface area contributed by atoms with Crippen molar-refractivity contribution >= 4 is 35.6 Å². The number of halogens is 1. The van der Waals surface area contributed by atoms with Crippen LogP contribution in [-0.2, 0) is 9.59 Å². The molecule has 1 fully saturated rings. The number of imide groups is 1. The molecule has 0 N–H and O–H groups in total. The number of rotatable bonds is 6. The Morgan fingerprint density at radius 1 is 1.06 bits per heavy atom. The van der Waals surface area contributed by atoms with Gasteiger partial charge in [-0.15, -0.1) is 0 Å². The second-order valence-corrected chi connectivity index (χ2v) is 7.29. The van der Waals surface area contributed by atoms with Crippen molar-refractivity contribution < 1.29 is 23.8 Å². The Morgan fingerprint density at radius 3 is 2.35 bits per heavy atom. The summed E-state index contributed by atoms with van der Waals surface area (Å²) in [6.45, 7) is 0.372. The minimum Gasteiger partial charge on any atom is -0.493 e. The minimum atomic E-state index is -0.386. The summed E-state index contributed by atoms with van der Waals surface area (Å²) in [5.74, 6) is 0.740. The zero-order chi connectivity index (χ0) is 22.4. The van der Waals surface area contributed by atoms with E-state index in [2.05, 4.69) is 0 Å². The first-order valence-corrected chi connectivity index (χ1v) is 10.1. The highest BCUT2D eigenvalue weighted by Crippen LogP contribution is 2.38. The van der Waals surface area contributed by atoms with Crippen molar-refractivity contribution in [1.82, 2.24) is 4.90 Å². The second kappa shape index (κ2) is 10.2. The van der Waals surface area contributed by atoms with Gasteiger partial charge in [0.15, 0.2) is 11.5 Å². The van der Waals surface area contributed by atoms with E-state index in [1.165, 1.54) is 32.3 Å². The third-order valence-corrected chi connectivity index (χ3v) is 5.30. The monoisotopic (exact) mass is 441 g/mol. The van der Waals surface area contributed by atoms with Crippen LogP contribution in [0, 0.1) is 0 Å². The van der Waals surface area contributed by atoms with Crippen molar-refractivity contribution in [2.45, 2.75) is 12.8 Å². The molecule has 2 aromatic rings. The number of hydrogen-bond acceptors (Lipinski definition) is 5. The standard InChI is InChI=1S/C24H24ClNO5/c1-29-20-13-16(14-21(30-2)23(20)31-3)10-11-22(27)26-12-6-8-18(24(26)28)15-17-7-4-5-9-19(17)25/h4-5,7,9-11,13-15H,6,8,12H2,1-3H3/b11-10+,18-15+. The topological polar surface area (TPSA) is 65.1 Å². The predicted molar refractivity (Wildman–Crippen MR) is 121 cm³/mol. The molecule has 1 saturated heterocycles. The van der Waals surface area contributed by atoms with E-state index in [0.29, 0.717) is 52.8 Å². The molecule has 3 rings (SSSR count). The summed E-state index contributed by atoms with van der Waals surface area (Å²) in [6.07, 6.45) is 6.05. The van der Waals surface area contributed by atoms with Crippen LogP contribution in [0.1, 0.15) is 24.0 Å². The largest absolute Gasteiger partial charge is 0.493 e. The lowest BCUT2D eigenvalue weighted by Gasteiger charge is -2.26. The lowest BCUT2D eigenvalue weighted by molar-refractivity contribution is -0.140. The van der Waals surface area contributed by atoms with Crippen LogP contribution in [0.4, 0.5) is 0 Å². The van der Waals surface area contributed by atoms with E-state index in [-0.39, 0.29) is 11.8 Å². The molecule has 31 heavy (non-hydrogen) atoms. The summed E-state index contributed by atoms with van der Waals surface area (Å²) in [5, 5.41) is 0.563. The number of likely N-dealkylation sites (tertiary alicyclic amines) is 1. The fraction of sp³-hybridized carbons (Fsp3) is 0.250. The Morgan fingerprint density at radius 2 is 1.74 bits per heavy atom. The van der Waals surface area contributed by atoms with E-state index in [1.807, 2.05) is 18.2 Å². The number of amides is 2. The average Bonchev–Trinajstić information content (AvgIpc) is 2.79. The van der Waals surface area contributed by atoms with E-state index < -0.39 is 0 Å². The fourth-order valence-corrected chi connectivity index (χ4v) is 3.58. The quantitative estimate of drug-likeness (QED) is 0.612. The van der Waals surface area contributed by atoms with Gasteiger partial charge in [0.1, 0.15) is 0 Å². The molecule has 7 heteroatoms. The normalized spacial score (nSPS) is 15.4. The molecule has 2 aromatic carbocycles. The van der Waals surface area contributed by atoms with Crippen LogP contribution in [0.2, 0.25) is 5.02 Å². The van der Waals surface area contributed by atoms with Crippen molar-refractivity contribution in [1.29, 1.82) is 0 Å². The summed E-state index contributed by atoms with van der Waals surface area (Å²) in [4.78, 5) is 26.9. The Balaban J connectivity index is 1.81. The van der Waals surface area contributed by atoms with Gasteiger partial charge < -0.3 is 14.2 Å². The molecular formula is C24H24ClNO5. The third kappa shape index (κ3) is 5.09. The second-order valence-electron chi connectivity index (χ2n) is 6.88. The summed E-state index contributed by atoms with van der Waals surface area (Å²) < 4.78 is 16.0. The van der Waals surface area contributed by atoms with E-state index in [4.69, 9.17) is 25.8 Å². The number of benzene rings is 2. The molecular weight excluding hydrogens is 418 g/mol. The Kier molecular flexibility index (Phi) is 7.36. The SMILES string of the molecule is COc1cc(/C=C/C(=O)N2CCC/C(=C\c3ccccc3Cl)C2=O)cc(OC)c1OC. The molecule has 0 saturated carbocycles. The van der Waals surface area contributed by atoms with Crippen LogP contribution < -0.4 is 14.2 Å². The first-order valence-electron chi connectivity index (χ1n) is 9.77. The van der Waals surface area contributed by atoms with Gasteiger partial charge >= 0.3 is 0 Å². The molecule has 0 aromatic heterocycles.